The molecule has 140 valence electrons. The molecule has 0 saturated heterocycles. The van der Waals surface area contributed by atoms with Crippen molar-refractivity contribution >= 4 is 27.3 Å². The Morgan fingerprint density at radius 1 is 1.00 bits per heavy atom. The summed E-state index contributed by atoms with van der Waals surface area (Å²) in [7, 11) is -4.11. The van der Waals surface area contributed by atoms with Crippen molar-refractivity contribution < 1.29 is 30.8 Å². The molecule has 0 aliphatic carbocycles. The Balaban J connectivity index is 2.39. The maximum absolute atomic E-state index is 13.7. The van der Waals surface area contributed by atoms with Crippen LogP contribution in [0.4, 0.5) is 28.9 Å². The SMILES string of the molecule is C[C@@H](C(=O)Nc1c(F)cccc1F)N(c1ccc(F)c(F)c1)S(C)(=O)=O. The van der Waals surface area contributed by atoms with Crippen molar-refractivity contribution in [2.24, 2.45) is 0 Å². The minimum absolute atomic E-state index is 0.317. The normalized spacial score (nSPS) is 12.5. The average molecular weight is 390 g/mol. The van der Waals surface area contributed by atoms with Gasteiger partial charge in [-0.3, -0.25) is 9.10 Å². The number of hydrogen-bond donors (Lipinski definition) is 1. The third-order valence-electron chi connectivity index (χ3n) is 3.46. The quantitative estimate of drug-likeness (QED) is 0.798. The molecule has 0 aliphatic heterocycles. The van der Waals surface area contributed by atoms with Gasteiger partial charge in [-0.2, -0.15) is 0 Å². The largest absolute Gasteiger partial charge is 0.319 e. The summed E-state index contributed by atoms with van der Waals surface area (Å²) in [6, 6.07) is 3.67. The molecule has 0 saturated carbocycles. The van der Waals surface area contributed by atoms with Gasteiger partial charge in [-0.1, -0.05) is 6.07 Å². The summed E-state index contributed by atoms with van der Waals surface area (Å²) in [6.45, 7) is 1.14. The highest BCUT2D eigenvalue weighted by molar-refractivity contribution is 7.92. The van der Waals surface area contributed by atoms with Crippen LogP contribution in [-0.4, -0.2) is 26.6 Å². The van der Waals surface area contributed by atoms with Gasteiger partial charge >= 0.3 is 0 Å². The minimum Gasteiger partial charge on any atom is -0.319 e. The third-order valence-corrected chi connectivity index (χ3v) is 4.70. The maximum Gasteiger partial charge on any atom is 0.248 e. The van der Waals surface area contributed by atoms with Gasteiger partial charge in [0.25, 0.3) is 0 Å². The van der Waals surface area contributed by atoms with E-state index in [2.05, 4.69) is 0 Å². The van der Waals surface area contributed by atoms with Gasteiger partial charge in [-0.05, 0) is 31.2 Å². The van der Waals surface area contributed by atoms with Crippen molar-refractivity contribution in [2.45, 2.75) is 13.0 Å². The lowest BCUT2D eigenvalue weighted by atomic mass is 10.2. The number of nitrogens with zero attached hydrogens (tertiary/aromatic N) is 1. The Hall–Kier alpha value is -2.62. The van der Waals surface area contributed by atoms with E-state index in [0.29, 0.717) is 16.4 Å². The molecule has 10 heteroatoms. The number of amides is 1. The molecule has 0 fully saturated rings. The van der Waals surface area contributed by atoms with Crippen LogP contribution in [0.15, 0.2) is 36.4 Å². The first kappa shape index (κ1) is 19.7. The molecule has 1 atom stereocenters. The molecule has 0 radical (unpaired) electrons. The molecule has 1 amide bonds. The van der Waals surface area contributed by atoms with Gasteiger partial charge in [0.05, 0.1) is 11.9 Å². The molecule has 0 aliphatic rings. The van der Waals surface area contributed by atoms with Gasteiger partial charge in [0.1, 0.15) is 23.4 Å². The van der Waals surface area contributed by atoms with Crippen molar-refractivity contribution in [3.8, 4) is 0 Å². The van der Waals surface area contributed by atoms with E-state index in [1.165, 1.54) is 0 Å². The molecule has 0 unspecified atom stereocenters. The van der Waals surface area contributed by atoms with Crippen LogP contribution in [0, 0.1) is 23.3 Å². The fourth-order valence-electron chi connectivity index (χ4n) is 2.28. The Morgan fingerprint density at radius 2 is 1.58 bits per heavy atom. The van der Waals surface area contributed by atoms with Crippen LogP contribution in [-0.2, 0) is 14.8 Å². The molecule has 2 aromatic carbocycles. The van der Waals surface area contributed by atoms with Crippen molar-refractivity contribution in [3.05, 3.63) is 59.7 Å². The number of halogens is 4. The van der Waals surface area contributed by atoms with Crippen LogP contribution >= 0.6 is 0 Å². The predicted molar refractivity (Wildman–Crippen MR) is 88.1 cm³/mol. The van der Waals surface area contributed by atoms with Crippen molar-refractivity contribution in [1.82, 2.24) is 0 Å². The van der Waals surface area contributed by atoms with Gasteiger partial charge < -0.3 is 5.32 Å². The van der Waals surface area contributed by atoms with Crippen molar-refractivity contribution in [1.29, 1.82) is 0 Å². The lowest BCUT2D eigenvalue weighted by Gasteiger charge is -2.28. The number of sulfonamides is 1. The Morgan fingerprint density at radius 3 is 2.08 bits per heavy atom. The number of para-hydroxylation sites is 1. The Kier molecular flexibility index (Phi) is 5.55. The lowest BCUT2D eigenvalue weighted by Crippen LogP contribution is -2.45. The second kappa shape index (κ2) is 7.32. The zero-order valence-electron chi connectivity index (χ0n) is 13.6. The van der Waals surface area contributed by atoms with Crippen LogP contribution in [0.3, 0.4) is 0 Å². The average Bonchev–Trinajstić information content (AvgIpc) is 2.53. The van der Waals surface area contributed by atoms with Crippen LogP contribution in [0.1, 0.15) is 6.92 Å². The van der Waals surface area contributed by atoms with Crippen LogP contribution in [0.5, 0.6) is 0 Å². The lowest BCUT2D eigenvalue weighted by molar-refractivity contribution is -0.116. The van der Waals surface area contributed by atoms with Crippen LogP contribution in [0.25, 0.3) is 0 Å². The van der Waals surface area contributed by atoms with Gasteiger partial charge in [0.15, 0.2) is 11.6 Å². The molecule has 0 aromatic heterocycles. The third kappa shape index (κ3) is 4.13. The van der Waals surface area contributed by atoms with Gasteiger partial charge in [0, 0.05) is 6.07 Å². The van der Waals surface area contributed by atoms with E-state index < -0.39 is 50.9 Å². The molecule has 0 spiro atoms. The van der Waals surface area contributed by atoms with Gasteiger partial charge in [0.2, 0.25) is 15.9 Å². The molecular weight excluding hydrogens is 376 g/mol. The van der Waals surface area contributed by atoms with E-state index in [4.69, 9.17) is 0 Å². The molecule has 5 nitrogen and oxygen atoms in total. The first-order valence-electron chi connectivity index (χ1n) is 7.21. The highest BCUT2D eigenvalue weighted by Crippen LogP contribution is 2.24. The summed E-state index contributed by atoms with van der Waals surface area (Å²) in [5, 5.41) is 1.96. The second-order valence-electron chi connectivity index (χ2n) is 5.42. The molecule has 2 aromatic rings. The number of carbonyl (C=O) groups excluding carboxylic acids is 1. The fraction of sp³-hybridized carbons (Fsp3) is 0.188. The summed E-state index contributed by atoms with van der Waals surface area (Å²) < 4.78 is 78.4. The topological polar surface area (TPSA) is 66.5 Å². The number of anilines is 2. The van der Waals surface area contributed by atoms with Gasteiger partial charge in [-0.15, -0.1) is 0 Å². The monoisotopic (exact) mass is 390 g/mol. The zero-order valence-corrected chi connectivity index (χ0v) is 14.5. The summed E-state index contributed by atoms with van der Waals surface area (Å²) >= 11 is 0. The van der Waals surface area contributed by atoms with Gasteiger partial charge in [-0.25, -0.2) is 26.0 Å². The number of hydrogen-bond acceptors (Lipinski definition) is 3. The number of benzene rings is 2. The molecule has 2 rings (SSSR count). The highest BCUT2D eigenvalue weighted by Gasteiger charge is 2.30. The Labute approximate surface area is 147 Å². The molecule has 1 N–H and O–H groups in total. The van der Waals surface area contributed by atoms with E-state index in [-0.39, 0.29) is 5.69 Å². The molecule has 0 heterocycles. The predicted octanol–water partition coefficient (Wildman–Crippen LogP) is 3.04. The summed E-state index contributed by atoms with van der Waals surface area (Å²) in [5.41, 5.74) is -1.06. The first-order valence-corrected chi connectivity index (χ1v) is 9.06. The molecule has 0 bridgehead atoms. The standard InChI is InChI=1S/C16H14F4N2O3S/c1-9(16(23)21-15-12(18)4-3-5-13(15)19)22(26(2,24)25)10-6-7-11(17)14(20)8-10/h3-9H,1-2H3,(H,21,23)/t9-/m0/s1. The zero-order chi connectivity index (χ0) is 19.6. The molecule has 26 heavy (non-hydrogen) atoms. The van der Waals surface area contributed by atoms with E-state index in [0.717, 1.165) is 37.4 Å². The Bertz CT molecular complexity index is 930. The van der Waals surface area contributed by atoms with Crippen molar-refractivity contribution in [3.63, 3.8) is 0 Å². The highest BCUT2D eigenvalue weighted by atomic mass is 32.2. The number of nitrogens with one attached hydrogen (secondary N) is 1. The number of carbonyl (C=O) groups is 1. The summed E-state index contributed by atoms with van der Waals surface area (Å²) in [5.74, 6) is -5.69. The minimum atomic E-state index is -4.11. The van der Waals surface area contributed by atoms with E-state index in [1.807, 2.05) is 5.32 Å². The summed E-state index contributed by atoms with van der Waals surface area (Å²) in [6.07, 6.45) is 0.752. The van der Waals surface area contributed by atoms with E-state index >= 15 is 0 Å². The van der Waals surface area contributed by atoms with E-state index in [9.17, 15) is 30.8 Å². The maximum atomic E-state index is 13.7. The number of rotatable bonds is 5. The molecular formula is C16H14F4N2O3S. The van der Waals surface area contributed by atoms with Crippen LogP contribution in [0.2, 0.25) is 0 Å². The van der Waals surface area contributed by atoms with Crippen LogP contribution < -0.4 is 9.62 Å². The van der Waals surface area contributed by atoms with E-state index in [1.54, 1.807) is 0 Å². The smallest absolute Gasteiger partial charge is 0.248 e. The summed E-state index contributed by atoms with van der Waals surface area (Å²) in [4.78, 5) is 12.3. The first-order chi connectivity index (χ1) is 12.0. The fourth-order valence-corrected chi connectivity index (χ4v) is 3.44. The van der Waals surface area contributed by atoms with Crippen molar-refractivity contribution in [2.75, 3.05) is 15.9 Å². The second-order valence-corrected chi connectivity index (χ2v) is 7.28.